The molecule has 0 radical (unpaired) electrons. The Morgan fingerprint density at radius 3 is 1.85 bits per heavy atom. The molecule has 0 fully saturated rings. The molecule has 1 heterocycles. The van der Waals surface area contributed by atoms with E-state index in [1.807, 2.05) is 60.7 Å². The lowest BCUT2D eigenvalue weighted by molar-refractivity contribution is 0.135. The molecule has 0 atom stereocenters. The Bertz CT molecular complexity index is 846. The fourth-order valence-corrected chi connectivity index (χ4v) is 4.37. The molecule has 0 spiro atoms. The molecule has 6 heteroatoms. The van der Waals surface area contributed by atoms with Crippen molar-refractivity contribution in [2.75, 3.05) is 0 Å². The average molecular weight is 387 g/mol. The summed E-state index contributed by atoms with van der Waals surface area (Å²) >= 11 is 5.85. The van der Waals surface area contributed by atoms with Gasteiger partial charge in [0.15, 0.2) is 19.1 Å². The van der Waals surface area contributed by atoms with Crippen LogP contribution in [0.5, 0.6) is 0 Å². The second-order valence-electron chi connectivity index (χ2n) is 6.96. The van der Waals surface area contributed by atoms with Crippen LogP contribution in [0.15, 0.2) is 66.9 Å². The molecule has 3 rings (SSSR count). The summed E-state index contributed by atoms with van der Waals surface area (Å²) < 4.78 is 21.6. The monoisotopic (exact) mass is 386 g/mol. The highest BCUT2D eigenvalue weighted by Gasteiger charge is 2.44. The fraction of sp³-hybridized carbons (Fsp3) is 0.200. The van der Waals surface area contributed by atoms with E-state index in [4.69, 9.17) is 16.0 Å². The highest BCUT2D eigenvalue weighted by Crippen LogP contribution is 2.42. The molecule has 0 aliphatic heterocycles. The van der Waals surface area contributed by atoms with Gasteiger partial charge in [0.1, 0.15) is 5.69 Å². The summed E-state index contributed by atoms with van der Waals surface area (Å²) in [7, 11) is -2.14. The Morgan fingerprint density at radius 2 is 1.42 bits per heavy atom. The molecule has 0 unspecified atom stereocenters. The van der Waals surface area contributed by atoms with Gasteiger partial charge in [0, 0.05) is 0 Å². The van der Waals surface area contributed by atoms with Gasteiger partial charge < -0.3 is 4.43 Å². The molecule has 2 aromatic carbocycles. The Labute approximate surface area is 159 Å². The molecule has 0 saturated heterocycles. The van der Waals surface area contributed by atoms with Gasteiger partial charge in [-0.2, -0.15) is 4.39 Å². The zero-order chi connectivity index (χ0) is 18.8. The highest BCUT2D eigenvalue weighted by molar-refractivity contribution is 6.69. The summed E-state index contributed by atoms with van der Waals surface area (Å²) in [5, 5.41) is 0.00859. The molecule has 3 nitrogen and oxygen atoms in total. The Morgan fingerprint density at radius 1 is 0.923 bits per heavy atom. The quantitative estimate of drug-likeness (QED) is 0.549. The summed E-state index contributed by atoms with van der Waals surface area (Å²) in [6.07, 6.45) is 1.36. The predicted molar refractivity (Wildman–Crippen MR) is 104 cm³/mol. The van der Waals surface area contributed by atoms with Crippen molar-refractivity contribution in [2.24, 2.45) is 0 Å². The predicted octanol–water partition coefficient (Wildman–Crippen LogP) is 5.41. The van der Waals surface area contributed by atoms with Gasteiger partial charge in [0.2, 0.25) is 5.95 Å². The van der Waals surface area contributed by atoms with Crippen molar-refractivity contribution in [2.45, 2.75) is 25.2 Å². The standard InChI is InChI=1S/C20H20ClFN2OSi/c1-26(2,3)25-20(15-10-6-4-7-11-15,16-12-8-5-9-13-16)18-19(22)24-17(21)14-23-18/h4-14H,1-3H3. The van der Waals surface area contributed by atoms with E-state index in [1.165, 1.54) is 6.20 Å². The van der Waals surface area contributed by atoms with E-state index < -0.39 is 19.9 Å². The van der Waals surface area contributed by atoms with Gasteiger partial charge >= 0.3 is 0 Å². The van der Waals surface area contributed by atoms with Gasteiger partial charge in [0.25, 0.3) is 0 Å². The van der Waals surface area contributed by atoms with Crippen molar-refractivity contribution in [3.05, 3.63) is 94.8 Å². The zero-order valence-corrected chi connectivity index (χ0v) is 16.7. The van der Waals surface area contributed by atoms with Crippen LogP contribution in [0.4, 0.5) is 4.39 Å². The van der Waals surface area contributed by atoms with Crippen molar-refractivity contribution in [1.82, 2.24) is 9.97 Å². The van der Waals surface area contributed by atoms with Crippen LogP contribution < -0.4 is 0 Å². The van der Waals surface area contributed by atoms with E-state index >= 15 is 0 Å². The first-order valence-electron chi connectivity index (χ1n) is 8.33. The first-order chi connectivity index (χ1) is 12.3. The van der Waals surface area contributed by atoms with Crippen LogP contribution in [-0.4, -0.2) is 18.3 Å². The summed E-state index contributed by atoms with van der Waals surface area (Å²) in [6, 6.07) is 19.1. The number of rotatable bonds is 5. The first-order valence-corrected chi connectivity index (χ1v) is 12.1. The van der Waals surface area contributed by atoms with Crippen LogP contribution in [0.3, 0.4) is 0 Å². The highest BCUT2D eigenvalue weighted by atomic mass is 35.5. The summed E-state index contributed by atoms with van der Waals surface area (Å²) in [5.74, 6) is -0.733. The van der Waals surface area contributed by atoms with Crippen molar-refractivity contribution in [3.8, 4) is 0 Å². The third-order valence-electron chi connectivity index (χ3n) is 3.85. The van der Waals surface area contributed by atoms with Gasteiger partial charge in [-0.25, -0.2) is 9.97 Å². The lowest BCUT2D eigenvalue weighted by Gasteiger charge is -2.39. The minimum atomic E-state index is -2.14. The first kappa shape index (κ1) is 18.7. The number of hydrogen-bond donors (Lipinski definition) is 0. The van der Waals surface area contributed by atoms with Gasteiger partial charge in [0.05, 0.1) is 6.20 Å². The van der Waals surface area contributed by atoms with E-state index in [2.05, 4.69) is 29.6 Å². The second-order valence-corrected chi connectivity index (χ2v) is 11.8. The van der Waals surface area contributed by atoms with Crippen molar-refractivity contribution in [1.29, 1.82) is 0 Å². The van der Waals surface area contributed by atoms with E-state index in [0.29, 0.717) is 0 Å². The van der Waals surface area contributed by atoms with E-state index in [9.17, 15) is 4.39 Å². The molecule has 1 aromatic heterocycles. The Kier molecular flexibility index (Phi) is 5.23. The molecule has 0 saturated carbocycles. The molecule has 0 amide bonds. The Balaban J connectivity index is 2.39. The topological polar surface area (TPSA) is 35.0 Å². The molecular weight excluding hydrogens is 367 g/mol. The second kappa shape index (κ2) is 7.27. The fourth-order valence-electron chi connectivity index (χ4n) is 2.99. The number of halogens is 2. The molecule has 0 aliphatic rings. The minimum Gasteiger partial charge on any atom is -0.399 e. The molecule has 0 aliphatic carbocycles. The number of hydrogen-bond acceptors (Lipinski definition) is 3. The van der Waals surface area contributed by atoms with Crippen molar-refractivity contribution in [3.63, 3.8) is 0 Å². The lowest BCUT2D eigenvalue weighted by atomic mass is 9.83. The van der Waals surface area contributed by atoms with Crippen molar-refractivity contribution >= 4 is 19.9 Å². The minimum absolute atomic E-state index is 0.00859. The van der Waals surface area contributed by atoms with Crippen LogP contribution >= 0.6 is 11.6 Å². The molecule has 0 N–H and O–H groups in total. The van der Waals surface area contributed by atoms with Crippen LogP contribution in [0.2, 0.25) is 24.8 Å². The maximum absolute atomic E-state index is 15.0. The van der Waals surface area contributed by atoms with Gasteiger partial charge in [-0.15, -0.1) is 0 Å². The SMILES string of the molecule is C[Si](C)(C)OC(c1ccccc1)(c1ccccc1)c1ncc(Cl)nc1F. The normalized spacial score (nSPS) is 12.2. The van der Waals surface area contributed by atoms with Gasteiger partial charge in [-0.3, -0.25) is 0 Å². The maximum atomic E-state index is 15.0. The molecule has 0 bridgehead atoms. The van der Waals surface area contributed by atoms with E-state index in [0.717, 1.165) is 11.1 Å². The van der Waals surface area contributed by atoms with Gasteiger partial charge in [-0.05, 0) is 30.8 Å². The van der Waals surface area contributed by atoms with E-state index in [-0.39, 0.29) is 10.8 Å². The number of nitrogens with zero attached hydrogens (tertiary/aromatic N) is 2. The summed E-state index contributed by atoms with van der Waals surface area (Å²) in [6.45, 7) is 6.19. The average Bonchev–Trinajstić information content (AvgIpc) is 2.61. The third-order valence-corrected chi connectivity index (χ3v) is 4.95. The van der Waals surface area contributed by atoms with Crippen LogP contribution in [-0.2, 0) is 10.0 Å². The number of aromatic nitrogens is 2. The molecule has 3 aromatic rings. The molecular formula is C20H20ClFN2OSi. The van der Waals surface area contributed by atoms with Gasteiger partial charge in [-0.1, -0.05) is 72.3 Å². The maximum Gasteiger partial charge on any atom is 0.239 e. The number of benzene rings is 2. The smallest absolute Gasteiger partial charge is 0.239 e. The largest absolute Gasteiger partial charge is 0.399 e. The molecule has 26 heavy (non-hydrogen) atoms. The summed E-state index contributed by atoms with van der Waals surface area (Å²) in [4.78, 5) is 8.11. The zero-order valence-electron chi connectivity index (χ0n) is 14.9. The van der Waals surface area contributed by atoms with Crippen LogP contribution in [0.25, 0.3) is 0 Å². The molecule has 134 valence electrons. The summed E-state index contributed by atoms with van der Waals surface area (Å²) in [5.41, 5.74) is 0.504. The van der Waals surface area contributed by atoms with Crippen molar-refractivity contribution < 1.29 is 8.82 Å². The van der Waals surface area contributed by atoms with E-state index in [1.54, 1.807) is 0 Å². The van der Waals surface area contributed by atoms with Crippen LogP contribution in [0, 0.1) is 5.95 Å². The van der Waals surface area contributed by atoms with Crippen LogP contribution in [0.1, 0.15) is 16.8 Å². The Hall–Kier alpha value is -2.08. The third kappa shape index (κ3) is 3.70. The lowest BCUT2D eigenvalue weighted by Crippen LogP contribution is -2.44.